The van der Waals surface area contributed by atoms with Crippen LogP contribution in [0.5, 0.6) is 0 Å². The van der Waals surface area contributed by atoms with Gasteiger partial charge in [0.05, 0.1) is 0 Å². The van der Waals surface area contributed by atoms with E-state index in [1.165, 1.54) is 0 Å². The second-order valence-corrected chi connectivity index (χ2v) is 5.48. The van der Waals surface area contributed by atoms with Gasteiger partial charge in [-0.1, -0.05) is 0 Å². The second kappa shape index (κ2) is 1.89. The number of rotatable bonds is 1. The first-order valence-corrected chi connectivity index (χ1v) is 4.93. The molecule has 0 spiro atoms. The van der Waals surface area contributed by atoms with Gasteiger partial charge in [-0.15, -0.1) is 0 Å². The van der Waals surface area contributed by atoms with Gasteiger partial charge >= 0.3 is 0 Å². The molecule has 0 aliphatic carbocycles. The third-order valence-electron chi connectivity index (χ3n) is 0.327. The van der Waals surface area contributed by atoms with Crippen molar-refractivity contribution in [3.05, 3.63) is 0 Å². The zero-order chi connectivity index (χ0) is 6.08. The quantitative estimate of drug-likeness (QED) is 0.457. The van der Waals surface area contributed by atoms with Crippen molar-refractivity contribution in [2.75, 3.05) is 6.26 Å². The smallest absolute Gasteiger partial charge is 0.242 e. The van der Waals surface area contributed by atoms with E-state index < -0.39 is 18.9 Å². The summed E-state index contributed by atoms with van der Waals surface area (Å²) < 4.78 is 29.5. The minimum Gasteiger partial charge on any atom is -0.242 e. The van der Waals surface area contributed by atoms with Crippen molar-refractivity contribution < 1.29 is 12.6 Å². The molecule has 0 heterocycles. The monoisotopic (exact) mass is 143 g/mol. The fraction of sp³-hybridized carbons (Fsp3) is 1.00. The van der Waals surface area contributed by atoms with Crippen molar-refractivity contribution >= 4 is 18.9 Å². The second-order valence-electron chi connectivity index (χ2n) is 0.894. The van der Waals surface area contributed by atoms with Gasteiger partial charge in [0, 0.05) is 6.26 Å². The van der Waals surface area contributed by atoms with Crippen LogP contribution in [0, 0.1) is 0 Å². The van der Waals surface area contributed by atoms with Crippen LogP contribution in [0.2, 0.25) is 0 Å². The number of hydrogen-bond acceptors (Lipinski definition) is 3. The lowest BCUT2D eigenvalue weighted by Gasteiger charge is -1.83. The Morgan fingerprint density at radius 2 is 1.71 bits per heavy atom. The molecular formula is CH5NO3S2. The van der Waals surface area contributed by atoms with Crippen LogP contribution in [-0.4, -0.2) is 18.9 Å². The molecule has 2 N–H and O–H groups in total. The summed E-state index contributed by atoms with van der Waals surface area (Å²) in [5.74, 6) is 0. The first-order chi connectivity index (χ1) is 2.94. The van der Waals surface area contributed by atoms with E-state index >= 15 is 0 Å². The minimum atomic E-state index is -3.77. The van der Waals surface area contributed by atoms with Crippen molar-refractivity contribution in [2.24, 2.45) is 5.14 Å². The Labute approximate surface area is 43.6 Å². The van der Waals surface area contributed by atoms with Crippen LogP contribution in [0.4, 0.5) is 0 Å². The van der Waals surface area contributed by atoms with Crippen molar-refractivity contribution in [1.29, 1.82) is 0 Å². The first kappa shape index (κ1) is 7.06. The summed E-state index contributed by atoms with van der Waals surface area (Å²) in [7, 11) is -5.70. The Kier molecular flexibility index (Phi) is 1.91. The zero-order valence-electron chi connectivity index (χ0n) is 3.62. The summed E-state index contributed by atoms with van der Waals surface area (Å²) in [6.45, 7) is 0. The van der Waals surface area contributed by atoms with Crippen LogP contribution < -0.4 is 5.14 Å². The molecule has 0 amide bonds. The molecular weight excluding hydrogens is 138 g/mol. The maximum absolute atomic E-state index is 9.86. The van der Waals surface area contributed by atoms with E-state index in [1.807, 2.05) is 0 Å². The largest absolute Gasteiger partial charge is 0.290 e. The predicted octanol–water partition coefficient (Wildman–Crippen LogP) is -1.43. The molecule has 0 aromatic heterocycles. The molecule has 0 bridgehead atoms. The molecule has 0 fully saturated rings. The van der Waals surface area contributed by atoms with Crippen molar-refractivity contribution in [3.63, 3.8) is 0 Å². The lowest BCUT2D eigenvalue weighted by Crippen LogP contribution is -2.16. The van der Waals surface area contributed by atoms with E-state index in [-0.39, 0.29) is 0 Å². The van der Waals surface area contributed by atoms with Crippen LogP contribution in [0.25, 0.3) is 0 Å². The van der Waals surface area contributed by atoms with Gasteiger partial charge in [-0.25, -0.2) is 9.35 Å². The molecule has 6 heteroatoms. The van der Waals surface area contributed by atoms with E-state index in [0.717, 1.165) is 6.26 Å². The SMILES string of the molecule is CS(=O)S(N)(=O)=O. The topological polar surface area (TPSA) is 77.2 Å². The highest BCUT2D eigenvalue weighted by Crippen LogP contribution is 1.79. The molecule has 0 aromatic rings. The molecule has 0 radical (unpaired) electrons. The highest BCUT2D eigenvalue weighted by molar-refractivity contribution is 8.63. The highest BCUT2D eigenvalue weighted by Gasteiger charge is 2.04. The molecule has 44 valence electrons. The Balaban J connectivity index is 4.43. The molecule has 0 rings (SSSR count). The fourth-order valence-electron chi connectivity index (χ4n) is 0. The Morgan fingerprint density at radius 3 is 1.71 bits per heavy atom. The number of hydrogen-bond donors (Lipinski definition) is 1. The standard InChI is InChI=1S/CH5NO3S2/c1-6(3)7(2,4)5/h1H3,(H2,2,4,5). The van der Waals surface area contributed by atoms with Crippen molar-refractivity contribution in [1.82, 2.24) is 0 Å². The lowest BCUT2D eigenvalue weighted by molar-refractivity contribution is 0.607. The summed E-state index contributed by atoms with van der Waals surface area (Å²) in [6.07, 6.45) is 1.01. The summed E-state index contributed by atoms with van der Waals surface area (Å²) in [6, 6.07) is 0. The van der Waals surface area contributed by atoms with E-state index in [0.29, 0.717) is 0 Å². The van der Waals surface area contributed by atoms with Gasteiger partial charge in [-0.3, -0.25) is 0 Å². The summed E-state index contributed by atoms with van der Waals surface area (Å²) in [5.41, 5.74) is 0. The summed E-state index contributed by atoms with van der Waals surface area (Å²) in [4.78, 5) is 0. The molecule has 0 aliphatic heterocycles. The molecule has 4 nitrogen and oxygen atoms in total. The summed E-state index contributed by atoms with van der Waals surface area (Å²) in [5, 5.41) is 4.35. The maximum Gasteiger partial charge on any atom is 0.290 e. The maximum atomic E-state index is 9.86. The van der Waals surface area contributed by atoms with Crippen LogP contribution in [0.3, 0.4) is 0 Å². The average molecular weight is 143 g/mol. The van der Waals surface area contributed by atoms with Crippen molar-refractivity contribution in [3.8, 4) is 0 Å². The molecule has 0 saturated carbocycles. The molecule has 0 aliphatic rings. The van der Waals surface area contributed by atoms with Crippen LogP contribution in [-0.2, 0) is 18.9 Å². The van der Waals surface area contributed by atoms with Gasteiger partial charge in [0.25, 0.3) is 9.06 Å². The van der Waals surface area contributed by atoms with Gasteiger partial charge in [0.15, 0.2) is 0 Å². The average Bonchev–Trinajstić information content (AvgIpc) is 1.31. The van der Waals surface area contributed by atoms with Crippen molar-refractivity contribution in [2.45, 2.75) is 0 Å². The van der Waals surface area contributed by atoms with Crippen LogP contribution in [0.15, 0.2) is 0 Å². The van der Waals surface area contributed by atoms with E-state index in [4.69, 9.17) is 0 Å². The first-order valence-electron chi connectivity index (χ1n) is 1.31. The van der Waals surface area contributed by atoms with Gasteiger partial charge in [0.2, 0.25) is 0 Å². The summed E-state index contributed by atoms with van der Waals surface area (Å²) >= 11 is 0. The fourth-order valence-corrected chi connectivity index (χ4v) is 0. The highest BCUT2D eigenvalue weighted by atomic mass is 33.2. The predicted molar refractivity (Wildman–Crippen MR) is 27.2 cm³/mol. The molecule has 1 atom stereocenters. The van der Waals surface area contributed by atoms with E-state index in [9.17, 15) is 12.6 Å². The number of nitrogens with two attached hydrogens (primary N) is 1. The Hall–Kier alpha value is 0.0600. The van der Waals surface area contributed by atoms with Crippen LogP contribution in [0.1, 0.15) is 0 Å². The van der Waals surface area contributed by atoms with E-state index in [2.05, 4.69) is 5.14 Å². The lowest BCUT2D eigenvalue weighted by atomic mass is 12.0. The van der Waals surface area contributed by atoms with Crippen LogP contribution >= 0.6 is 0 Å². The zero-order valence-corrected chi connectivity index (χ0v) is 5.25. The van der Waals surface area contributed by atoms with Gasteiger partial charge in [-0.05, 0) is 0 Å². The molecule has 0 aromatic carbocycles. The third kappa shape index (κ3) is 2.72. The Bertz CT molecular complexity index is 167. The third-order valence-corrected chi connectivity index (χ3v) is 2.94. The van der Waals surface area contributed by atoms with Gasteiger partial charge in [0.1, 0.15) is 9.83 Å². The van der Waals surface area contributed by atoms with Gasteiger partial charge < -0.3 is 0 Å². The molecule has 1 unspecified atom stereocenters. The van der Waals surface area contributed by atoms with E-state index in [1.54, 1.807) is 0 Å². The molecule has 7 heavy (non-hydrogen) atoms. The minimum absolute atomic E-state index is 1.01. The molecule has 0 saturated heterocycles. The van der Waals surface area contributed by atoms with Gasteiger partial charge in [-0.2, -0.15) is 8.42 Å². The normalized spacial score (nSPS) is 16.3. The Morgan fingerprint density at radius 1 is 1.57 bits per heavy atom.